The molecule has 0 saturated carbocycles. The molecule has 0 bridgehead atoms. The molecule has 17 heavy (non-hydrogen) atoms. The largest absolute Gasteiger partial charge is 0.464 e. The van der Waals surface area contributed by atoms with Crippen molar-refractivity contribution in [2.75, 3.05) is 6.61 Å². The summed E-state index contributed by atoms with van der Waals surface area (Å²) in [5.41, 5.74) is -0.528. The molecule has 1 rings (SSSR count). The maximum absolute atomic E-state index is 13.8. The Kier molecular flexibility index (Phi) is 4.23. The molecule has 0 saturated heterocycles. The lowest BCUT2D eigenvalue weighted by atomic mass is 9.90. The lowest BCUT2D eigenvalue weighted by molar-refractivity contribution is -0.160. The molecular formula is C13H17FO3. The second-order valence-corrected chi connectivity index (χ2v) is 4.13. The zero-order valence-electron chi connectivity index (χ0n) is 10.2. The van der Waals surface area contributed by atoms with Crippen molar-refractivity contribution in [2.24, 2.45) is 0 Å². The first-order valence-electron chi connectivity index (χ1n) is 5.49. The third-order valence-corrected chi connectivity index (χ3v) is 2.62. The van der Waals surface area contributed by atoms with E-state index in [1.165, 1.54) is 6.92 Å². The van der Waals surface area contributed by atoms with Gasteiger partial charge in [-0.3, -0.25) is 0 Å². The van der Waals surface area contributed by atoms with Gasteiger partial charge in [0, 0.05) is 0 Å². The minimum atomic E-state index is -2.09. The van der Waals surface area contributed by atoms with Crippen LogP contribution >= 0.6 is 0 Å². The van der Waals surface area contributed by atoms with Crippen LogP contribution in [0.1, 0.15) is 25.0 Å². The summed E-state index contributed by atoms with van der Waals surface area (Å²) in [5.74, 6) is -1.04. The van der Waals surface area contributed by atoms with Gasteiger partial charge in [0.2, 0.25) is 6.17 Å². The number of hydrogen-bond donors (Lipinski definition) is 1. The van der Waals surface area contributed by atoms with Crippen LogP contribution in [0.3, 0.4) is 0 Å². The molecule has 0 amide bonds. The summed E-state index contributed by atoms with van der Waals surface area (Å²) in [4.78, 5) is 11.3. The van der Waals surface area contributed by atoms with Gasteiger partial charge in [0.1, 0.15) is 5.60 Å². The molecule has 0 aliphatic carbocycles. The molecule has 94 valence electrons. The molecule has 2 unspecified atom stereocenters. The number of aryl methyl sites for hydroxylation is 1. The van der Waals surface area contributed by atoms with Gasteiger partial charge in [-0.2, -0.15) is 0 Å². The second kappa shape index (κ2) is 5.27. The molecule has 0 aliphatic rings. The number of ether oxygens (including phenoxy) is 1. The predicted octanol–water partition coefficient (Wildman–Crippen LogP) is 2.10. The van der Waals surface area contributed by atoms with Gasteiger partial charge in [0.15, 0.2) is 0 Å². The number of halogens is 1. The number of carbonyl (C=O) groups is 1. The third-order valence-electron chi connectivity index (χ3n) is 2.62. The van der Waals surface area contributed by atoms with Crippen LogP contribution in [-0.2, 0) is 15.1 Å². The second-order valence-electron chi connectivity index (χ2n) is 4.13. The Morgan fingerprint density at radius 1 is 1.47 bits per heavy atom. The predicted molar refractivity (Wildman–Crippen MR) is 62.3 cm³/mol. The molecule has 1 N–H and O–H groups in total. The summed E-state index contributed by atoms with van der Waals surface area (Å²) in [6.07, 6.45) is -2.09. The van der Waals surface area contributed by atoms with Crippen molar-refractivity contribution in [2.45, 2.75) is 32.5 Å². The Hall–Kier alpha value is -1.42. The van der Waals surface area contributed by atoms with Crippen molar-refractivity contribution in [1.29, 1.82) is 0 Å². The number of esters is 1. The van der Waals surface area contributed by atoms with Crippen LogP contribution in [0.25, 0.3) is 0 Å². The van der Waals surface area contributed by atoms with Crippen LogP contribution in [0.15, 0.2) is 24.3 Å². The minimum absolute atomic E-state index is 0.0865. The Morgan fingerprint density at radius 3 is 2.47 bits per heavy atom. The highest BCUT2D eigenvalue weighted by atomic mass is 19.1. The van der Waals surface area contributed by atoms with E-state index in [-0.39, 0.29) is 6.61 Å². The van der Waals surface area contributed by atoms with Gasteiger partial charge in [0.05, 0.1) is 6.61 Å². The average molecular weight is 240 g/mol. The monoisotopic (exact) mass is 240 g/mol. The Morgan fingerprint density at radius 2 is 2.00 bits per heavy atom. The first-order valence-corrected chi connectivity index (χ1v) is 5.49. The topological polar surface area (TPSA) is 46.5 Å². The molecule has 0 aliphatic heterocycles. The maximum atomic E-state index is 13.8. The van der Waals surface area contributed by atoms with Crippen molar-refractivity contribution in [1.82, 2.24) is 0 Å². The van der Waals surface area contributed by atoms with E-state index in [1.54, 1.807) is 31.2 Å². The Bertz CT molecular complexity index is 384. The summed E-state index contributed by atoms with van der Waals surface area (Å²) in [5, 5.41) is 10.1. The number of hydrogen-bond acceptors (Lipinski definition) is 3. The fourth-order valence-electron chi connectivity index (χ4n) is 1.48. The normalized spacial score (nSPS) is 16.1. The summed E-state index contributed by atoms with van der Waals surface area (Å²) in [6, 6.07) is 6.70. The molecule has 0 heterocycles. The lowest BCUT2D eigenvalue weighted by Gasteiger charge is -2.26. The Balaban J connectivity index is 2.93. The summed E-state index contributed by atoms with van der Waals surface area (Å²) >= 11 is 0. The van der Waals surface area contributed by atoms with E-state index < -0.39 is 17.7 Å². The molecule has 0 fully saturated rings. The van der Waals surface area contributed by atoms with Gasteiger partial charge >= 0.3 is 5.97 Å². The van der Waals surface area contributed by atoms with Gasteiger partial charge in [-0.25, -0.2) is 9.18 Å². The van der Waals surface area contributed by atoms with Crippen LogP contribution < -0.4 is 0 Å². The standard InChI is InChI=1S/C13H17FO3/c1-4-17-12(15)11(14)13(3,16)10-7-5-9(2)6-8-10/h5-8,11,16H,4H2,1-3H3. The number of benzene rings is 1. The van der Waals surface area contributed by atoms with Crippen LogP contribution in [0, 0.1) is 6.92 Å². The zero-order chi connectivity index (χ0) is 13.1. The molecule has 2 atom stereocenters. The summed E-state index contributed by atoms with van der Waals surface area (Å²) in [6.45, 7) is 4.82. The van der Waals surface area contributed by atoms with E-state index >= 15 is 0 Å². The summed E-state index contributed by atoms with van der Waals surface area (Å²) in [7, 11) is 0. The number of alkyl halides is 1. The highest BCUT2D eigenvalue weighted by molar-refractivity contribution is 5.76. The first kappa shape index (κ1) is 13.6. The lowest BCUT2D eigenvalue weighted by Crippen LogP contribution is -2.40. The van der Waals surface area contributed by atoms with Gasteiger partial charge in [-0.05, 0) is 26.3 Å². The van der Waals surface area contributed by atoms with Crippen molar-refractivity contribution < 1.29 is 19.0 Å². The number of carbonyl (C=O) groups excluding carboxylic acids is 1. The molecule has 0 radical (unpaired) electrons. The van der Waals surface area contributed by atoms with Crippen molar-refractivity contribution in [3.8, 4) is 0 Å². The molecule has 3 nitrogen and oxygen atoms in total. The van der Waals surface area contributed by atoms with Crippen molar-refractivity contribution in [3.05, 3.63) is 35.4 Å². The fraction of sp³-hybridized carbons (Fsp3) is 0.462. The van der Waals surface area contributed by atoms with Crippen LogP contribution in [0.4, 0.5) is 4.39 Å². The first-order chi connectivity index (χ1) is 7.89. The van der Waals surface area contributed by atoms with E-state index in [2.05, 4.69) is 4.74 Å². The van der Waals surface area contributed by atoms with Gasteiger partial charge in [-0.1, -0.05) is 29.8 Å². The zero-order valence-corrected chi connectivity index (χ0v) is 10.2. The van der Waals surface area contributed by atoms with E-state index in [0.29, 0.717) is 5.56 Å². The van der Waals surface area contributed by atoms with Gasteiger partial charge < -0.3 is 9.84 Å². The highest BCUT2D eigenvalue weighted by Gasteiger charge is 2.40. The molecule has 4 heteroatoms. The van der Waals surface area contributed by atoms with E-state index in [1.807, 2.05) is 6.92 Å². The van der Waals surface area contributed by atoms with E-state index in [0.717, 1.165) is 5.56 Å². The van der Waals surface area contributed by atoms with Crippen LogP contribution in [0.5, 0.6) is 0 Å². The van der Waals surface area contributed by atoms with Gasteiger partial charge in [-0.15, -0.1) is 0 Å². The number of aliphatic hydroxyl groups is 1. The quantitative estimate of drug-likeness (QED) is 0.820. The summed E-state index contributed by atoms with van der Waals surface area (Å²) < 4.78 is 18.4. The SMILES string of the molecule is CCOC(=O)C(F)C(C)(O)c1ccc(C)cc1. The number of rotatable bonds is 4. The molecule has 0 spiro atoms. The maximum Gasteiger partial charge on any atom is 0.344 e. The molecule has 1 aromatic rings. The minimum Gasteiger partial charge on any atom is -0.464 e. The fourth-order valence-corrected chi connectivity index (χ4v) is 1.48. The van der Waals surface area contributed by atoms with Crippen LogP contribution in [-0.4, -0.2) is 23.9 Å². The van der Waals surface area contributed by atoms with Crippen molar-refractivity contribution in [3.63, 3.8) is 0 Å². The van der Waals surface area contributed by atoms with E-state index in [4.69, 9.17) is 0 Å². The third kappa shape index (κ3) is 3.03. The van der Waals surface area contributed by atoms with Crippen LogP contribution in [0.2, 0.25) is 0 Å². The smallest absolute Gasteiger partial charge is 0.344 e. The van der Waals surface area contributed by atoms with E-state index in [9.17, 15) is 14.3 Å². The average Bonchev–Trinajstić information content (AvgIpc) is 2.29. The Labute approximate surface area is 100 Å². The highest BCUT2D eigenvalue weighted by Crippen LogP contribution is 2.27. The van der Waals surface area contributed by atoms with Crippen molar-refractivity contribution >= 4 is 5.97 Å². The van der Waals surface area contributed by atoms with Gasteiger partial charge in [0.25, 0.3) is 0 Å². The molecule has 0 aromatic heterocycles. The molecular weight excluding hydrogens is 223 g/mol. The molecule has 1 aromatic carbocycles.